The molecule has 9 nitrogen and oxygen atoms in total. The highest BCUT2D eigenvalue weighted by atomic mass is 16.5. The maximum absolute atomic E-state index is 13.0. The summed E-state index contributed by atoms with van der Waals surface area (Å²) >= 11 is 0. The van der Waals surface area contributed by atoms with E-state index in [2.05, 4.69) is 20.7 Å². The molecule has 0 spiro atoms. The molecule has 4 aromatic rings. The fourth-order valence-electron chi connectivity index (χ4n) is 3.21. The van der Waals surface area contributed by atoms with Gasteiger partial charge in [0.05, 0.1) is 13.2 Å². The van der Waals surface area contributed by atoms with E-state index in [0.717, 1.165) is 11.3 Å². The Morgan fingerprint density at radius 3 is 2.26 bits per heavy atom. The molecule has 0 bridgehead atoms. The molecule has 4 rings (SSSR count). The van der Waals surface area contributed by atoms with Crippen molar-refractivity contribution in [3.63, 3.8) is 0 Å². The first kappa shape index (κ1) is 23.7. The number of aromatic nitrogens is 3. The zero-order valence-corrected chi connectivity index (χ0v) is 18.9. The van der Waals surface area contributed by atoms with Gasteiger partial charge >= 0.3 is 0 Å². The molecule has 0 aliphatic rings. The van der Waals surface area contributed by atoms with Crippen LogP contribution in [0.15, 0.2) is 97.6 Å². The van der Waals surface area contributed by atoms with Gasteiger partial charge in [0.15, 0.2) is 0 Å². The summed E-state index contributed by atoms with van der Waals surface area (Å²) in [4.78, 5) is 29.3. The fourth-order valence-corrected chi connectivity index (χ4v) is 3.21. The van der Waals surface area contributed by atoms with Gasteiger partial charge in [0, 0.05) is 5.69 Å². The fraction of sp³-hybridized carbons (Fsp3) is 0.154. The van der Waals surface area contributed by atoms with Crippen LogP contribution >= 0.6 is 0 Å². The second kappa shape index (κ2) is 12.1. The van der Waals surface area contributed by atoms with Gasteiger partial charge in [-0.15, -0.1) is 0 Å². The Labute approximate surface area is 202 Å². The molecule has 0 radical (unpaired) electrons. The molecular formula is C26H25N5O4. The predicted molar refractivity (Wildman–Crippen MR) is 130 cm³/mol. The van der Waals surface area contributed by atoms with Crippen LogP contribution in [0.2, 0.25) is 0 Å². The van der Waals surface area contributed by atoms with Gasteiger partial charge in [0.1, 0.15) is 36.7 Å². The van der Waals surface area contributed by atoms with Gasteiger partial charge in [-0.25, -0.2) is 9.67 Å². The second-order valence-electron chi connectivity index (χ2n) is 7.64. The molecule has 0 aliphatic heterocycles. The van der Waals surface area contributed by atoms with Crippen LogP contribution in [-0.4, -0.2) is 39.2 Å². The molecule has 1 aromatic heterocycles. The van der Waals surface area contributed by atoms with E-state index in [1.165, 1.54) is 17.3 Å². The maximum Gasteiger partial charge on any atom is 0.249 e. The Morgan fingerprint density at radius 2 is 1.57 bits per heavy atom. The van der Waals surface area contributed by atoms with E-state index in [-0.39, 0.29) is 19.1 Å². The first-order valence-corrected chi connectivity index (χ1v) is 11.0. The monoisotopic (exact) mass is 471 g/mol. The SMILES string of the molecule is O=C(Cn1cncn1)NC(COCc1ccccc1)C(=O)Nc1ccc(Oc2ccccc2)cc1. The minimum Gasteiger partial charge on any atom is -0.457 e. The molecular weight excluding hydrogens is 446 g/mol. The quantitative estimate of drug-likeness (QED) is 0.347. The number of hydrogen-bond acceptors (Lipinski definition) is 6. The summed E-state index contributed by atoms with van der Waals surface area (Å²) in [5.74, 6) is 0.570. The van der Waals surface area contributed by atoms with Crippen molar-refractivity contribution in [1.82, 2.24) is 20.1 Å². The summed E-state index contributed by atoms with van der Waals surface area (Å²) in [6, 6.07) is 25.1. The summed E-state index contributed by atoms with van der Waals surface area (Å²) in [5, 5.41) is 9.46. The Kier molecular flexibility index (Phi) is 8.18. The topological polar surface area (TPSA) is 107 Å². The summed E-state index contributed by atoms with van der Waals surface area (Å²) in [5.41, 5.74) is 1.53. The minimum absolute atomic E-state index is 0.000966. The summed E-state index contributed by atoms with van der Waals surface area (Å²) in [6.45, 7) is 0.252. The predicted octanol–water partition coefficient (Wildman–Crippen LogP) is 3.41. The summed E-state index contributed by atoms with van der Waals surface area (Å²) < 4.78 is 12.9. The van der Waals surface area contributed by atoms with E-state index in [9.17, 15) is 9.59 Å². The average Bonchev–Trinajstić information content (AvgIpc) is 3.39. The molecule has 0 aliphatic carbocycles. The van der Waals surface area contributed by atoms with Crippen molar-refractivity contribution in [3.05, 3.63) is 103 Å². The lowest BCUT2D eigenvalue weighted by molar-refractivity contribution is -0.128. The third kappa shape index (κ3) is 7.51. The van der Waals surface area contributed by atoms with Crippen LogP contribution in [0.25, 0.3) is 0 Å². The smallest absolute Gasteiger partial charge is 0.249 e. The molecule has 2 amide bonds. The van der Waals surface area contributed by atoms with Crippen molar-refractivity contribution < 1.29 is 19.1 Å². The zero-order chi connectivity index (χ0) is 24.3. The van der Waals surface area contributed by atoms with Crippen LogP contribution in [0.3, 0.4) is 0 Å². The van der Waals surface area contributed by atoms with Crippen molar-refractivity contribution in [2.24, 2.45) is 0 Å². The van der Waals surface area contributed by atoms with Crippen molar-refractivity contribution >= 4 is 17.5 Å². The number of anilines is 1. The molecule has 1 unspecified atom stereocenters. The van der Waals surface area contributed by atoms with Gasteiger partial charge in [0.2, 0.25) is 11.8 Å². The van der Waals surface area contributed by atoms with E-state index in [4.69, 9.17) is 9.47 Å². The standard InChI is InChI=1S/C26H25N5O4/c32-25(15-31-19-27-18-28-31)30-24(17-34-16-20-7-3-1-4-8-20)26(33)29-21-11-13-23(14-12-21)35-22-9-5-2-6-10-22/h1-14,18-19,24H,15-17H2,(H,29,33)(H,30,32). The van der Waals surface area contributed by atoms with Gasteiger partial charge in [0.25, 0.3) is 0 Å². The van der Waals surface area contributed by atoms with Crippen LogP contribution in [0.1, 0.15) is 5.56 Å². The number of amides is 2. The van der Waals surface area contributed by atoms with Crippen LogP contribution < -0.4 is 15.4 Å². The van der Waals surface area contributed by atoms with Crippen molar-refractivity contribution in [2.75, 3.05) is 11.9 Å². The van der Waals surface area contributed by atoms with Crippen molar-refractivity contribution in [3.8, 4) is 11.5 Å². The van der Waals surface area contributed by atoms with Crippen LogP contribution in [0, 0.1) is 0 Å². The Morgan fingerprint density at radius 1 is 0.886 bits per heavy atom. The van der Waals surface area contributed by atoms with Gasteiger partial charge in [-0.3, -0.25) is 9.59 Å². The van der Waals surface area contributed by atoms with E-state index >= 15 is 0 Å². The molecule has 1 heterocycles. The highest BCUT2D eigenvalue weighted by Gasteiger charge is 2.22. The normalized spacial score (nSPS) is 11.4. The molecule has 0 saturated heterocycles. The lowest BCUT2D eigenvalue weighted by Crippen LogP contribution is -2.47. The molecule has 178 valence electrons. The Balaban J connectivity index is 1.36. The number of rotatable bonds is 11. The van der Waals surface area contributed by atoms with Gasteiger partial charge in [-0.05, 0) is 42.0 Å². The molecule has 9 heteroatoms. The molecule has 0 saturated carbocycles. The number of hydrogen-bond donors (Lipinski definition) is 2. The summed E-state index contributed by atoms with van der Waals surface area (Å²) in [6.07, 6.45) is 2.77. The largest absolute Gasteiger partial charge is 0.457 e. The van der Waals surface area contributed by atoms with Crippen molar-refractivity contribution in [1.29, 1.82) is 0 Å². The number of nitrogens with zero attached hydrogens (tertiary/aromatic N) is 3. The zero-order valence-electron chi connectivity index (χ0n) is 18.9. The maximum atomic E-state index is 13.0. The number of nitrogens with one attached hydrogen (secondary N) is 2. The lowest BCUT2D eigenvalue weighted by Gasteiger charge is -2.19. The van der Waals surface area contributed by atoms with E-state index < -0.39 is 11.9 Å². The number of carbonyl (C=O) groups excluding carboxylic acids is 2. The van der Waals surface area contributed by atoms with Gasteiger partial charge < -0.3 is 20.1 Å². The van der Waals surface area contributed by atoms with E-state index in [0.29, 0.717) is 18.0 Å². The van der Waals surface area contributed by atoms with Crippen LogP contribution in [0.5, 0.6) is 11.5 Å². The third-order valence-corrected chi connectivity index (χ3v) is 4.92. The van der Waals surface area contributed by atoms with E-state index in [1.54, 1.807) is 24.3 Å². The van der Waals surface area contributed by atoms with E-state index in [1.807, 2.05) is 60.7 Å². The molecule has 1 atom stereocenters. The van der Waals surface area contributed by atoms with Crippen LogP contribution in [-0.2, 0) is 27.5 Å². The van der Waals surface area contributed by atoms with Gasteiger partial charge in [-0.1, -0.05) is 48.5 Å². The number of para-hydroxylation sites is 1. The Bertz CT molecular complexity index is 1200. The number of carbonyl (C=O) groups is 2. The average molecular weight is 472 g/mol. The first-order valence-electron chi connectivity index (χ1n) is 11.0. The van der Waals surface area contributed by atoms with Gasteiger partial charge in [-0.2, -0.15) is 5.10 Å². The number of benzene rings is 3. The third-order valence-electron chi connectivity index (χ3n) is 4.92. The Hall–Kier alpha value is -4.50. The summed E-state index contributed by atoms with van der Waals surface area (Å²) in [7, 11) is 0. The van der Waals surface area contributed by atoms with Crippen molar-refractivity contribution in [2.45, 2.75) is 19.2 Å². The highest BCUT2D eigenvalue weighted by molar-refractivity contribution is 5.97. The highest BCUT2D eigenvalue weighted by Crippen LogP contribution is 2.22. The lowest BCUT2D eigenvalue weighted by atomic mass is 10.2. The molecule has 2 N–H and O–H groups in total. The second-order valence-corrected chi connectivity index (χ2v) is 7.64. The molecule has 35 heavy (non-hydrogen) atoms. The first-order chi connectivity index (χ1) is 17.2. The molecule has 0 fully saturated rings. The minimum atomic E-state index is -0.907. The number of ether oxygens (including phenoxy) is 2. The molecule has 3 aromatic carbocycles. The van der Waals surface area contributed by atoms with Crippen LogP contribution in [0.4, 0.5) is 5.69 Å².